The Morgan fingerprint density at radius 2 is 2.05 bits per heavy atom. The van der Waals surface area contributed by atoms with Gasteiger partial charge in [-0.3, -0.25) is 4.99 Å². The van der Waals surface area contributed by atoms with Crippen LogP contribution in [0.1, 0.15) is 38.3 Å². The number of alkyl halides is 3. The minimum absolute atomic E-state index is 0.0260. The first-order valence-corrected chi connectivity index (χ1v) is 6.92. The maximum atomic E-state index is 13.0. The topological polar surface area (TPSA) is 41.5 Å². The number of rotatable bonds is 6. The molecule has 0 saturated carbocycles. The van der Waals surface area contributed by atoms with Gasteiger partial charge in [-0.25, -0.2) is 0 Å². The van der Waals surface area contributed by atoms with Crippen LogP contribution in [0.5, 0.6) is 0 Å². The van der Waals surface area contributed by atoms with Crippen molar-refractivity contribution in [2.75, 3.05) is 6.54 Å². The predicted molar refractivity (Wildman–Crippen MR) is 82.2 cm³/mol. The van der Waals surface area contributed by atoms with Gasteiger partial charge in [-0.2, -0.15) is 13.2 Å². The van der Waals surface area contributed by atoms with E-state index < -0.39 is 11.7 Å². The molecule has 0 fully saturated rings. The van der Waals surface area contributed by atoms with Crippen molar-refractivity contribution in [2.45, 2.75) is 33.4 Å². The van der Waals surface area contributed by atoms with Crippen molar-refractivity contribution in [1.82, 2.24) is 5.32 Å². The van der Waals surface area contributed by atoms with Crippen molar-refractivity contribution in [1.29, 1.82) is 0 Å². The molecule has 6 heteroatoms. The van der Waals surface area contributed by atoms with E-state index in [2.05, 4.69) is 10.3 Å². The lowest BCUT2D eigenvalue weighted by Crippen LogP contribution is -2.17. The molecular weight excluding hydrogens is 293 g/mol. The van der Waals surface area contributed by atoms with E-state index in [9.17, 15) is 18.0 Å². The largest absolute Gasteiger partial charge is 0.416 e. The summed E-state index contributed by atoms with van der Waals surface area (Å²) in [6.07, 6.45) is -1.60. The molecule has 0 aliphatic carbocycles. The second kappa shape index (κ2) is 7.77. The van der Waals surface area contributed by atoms with Crippen molar-refractivity contribution in [3.05, 3.63) is 34.9 Å². The van der Waals surface area contributed by atoms with Crippen LogP contribution in [0.3, 0.4) is 0 Å². The molecule has 1 aromatic rings. The molecule has 1 N–H and O–H groups in total. The molecule has 0 bridgehead atoms. The molecule has 1 aromatic carbocycles. The molecule has 0 amide bonds. The minimum atomic E-state index is -4.43. The Kier molecular flexibility index (Phi) is 6.34. The monoisotopic (exact) mass is 312 g/mol. The maximum absolute atomic E-state index is 13.0. The van der Waals surface area contributed by atoms with Crippen molar-refractivity contribution in [3.63, 3.8) is 0 Å². The van der Waals surface area contributed by atoms with Crippen LogP contribution in [0.4, 0.5) is 18.9 Å². The molecule has 0 atom stereocenters. The van der Waals surface area contributed by atoms with Crippen LogP contribution in [0.2, 0.25) is 0 Å². The van der Waals surface area contributed by atoms with Gasteiger partial charge in [0.1, 0.15) is 6.29 Å². The molecule has 3 nitrogen and oxygen atoms in total. The second-order valence-corrected chi connectivity index (χ2v) is 4.67. The molecule has 0 aliphatic heterocycles. The zero-order chi connectivity index (χ0) is 16.8. The first-order valence-electron chi connectivity index (χ1n) is 6.92. The highest BCUT2D eigenvalue weighted by molar-refractivity contribution is 5.79. The Labute approximate surface area is 127 Å². The third-order valence-electron chi connectivity index (χ3n) is 3.18. The number of halogens is 3. The lowest BCUT2D eigenvalue weighted by atomic mass is 10.0. The number of benzene rings is 1. The Balaban J connectivity index is 3.52. The fourth-order valence-electron chi connectivity index (χ4n) is 1.96. The molecule has 0 heterocycles. The van der Waals surface area contributed by atoms with Gasteiger partial charge >= 0.3 is 6.18 Å². The molecule has 0 unspecified atom stereocenters. The van der Waals surface area contributed by atoms with E-state index in [1.165, 1.54) is 12.3 Å². The van der Waals surface area contributed by atoms with Crippen LogP contribution in [0.15, 0.2) is 28.8 Å². The van der Waals surface area contributed by atoms with Crippen LogP contribution in [0.25, 0.3) is 5.70 Å². The Morgan fingerprint density at radius 3 is 2.55 bits per heavy atom. The summed E-state index contributed by atoms with van der Waals surface area (Å²) in [4.78, 5) is 14.7. The fraction of sp³-hybridized carbons (Fsp3) is 0.375. The number of carbonyl (C=O) groups excluding carboxylic acids is 1. The van der Waals surface area contributed by atoms with E-state index in [1.54, 1.807) is 6.92 Å². The minimum Gasteiger partial charge on any atom is -0.378 e. The lowest BCUT2D eigenvalue weighted by Gasteiger charge is -2.17. The summed E-state index contributed by atoms with van der Waals surface area (Å²) >= 11 is 0. The average Bonchev–Trinajstić information content (AvgIpc) is 2.47. The molecule has 0 radical (unpaired) electrons. The van der Waals surface area contributed by atoms with Crippen LogP contribution in [-0.4, -0.2) is 19.0 Å². The van der Waals surface area contributed by atoms with Gasteiger partial charge in [-0.15, -0.1) is 0 Å². The van der Waals surface area contributed by atoms with Gasteiger partial charge in [0.2, 0.25) is 0 Å². The zero-order valence-corrected chi connectivity index (χ0v) is 12.8. The lowest BCUT2D eigenvalue weighted by molar-refractivity contribution is -0.137. The van der Waals surface area contributed by atoms with Crippen molar-refractivity contribution < 1.29 is 18.0 Å². The summed E-state index contributed by atoms with van der Waals surface area (Å²) in [5, 5.41) is 2.88. The number of hydrogen-bond acceptors (Lipinski definition) is 3. The molecule has 0 spiro atoms. The Morgan fingerprint density at radius 1 is 1.36 bits per heavy atom. The molecule has 22 heavy (non-hydrogen) atoms. The number of carbonyl (C=O) groups is 1. The van der Waals surface area contributed by atoms with E-state index >= 15 is 0 Å². The normalized spacial score (nSPS) is 13.2. The van der Waals surface area contributed by atoms with Gasteiger partial charge in [-0.05, 0) is 44.0 Å². The van der Waals surface area contributed by atoms with Crippen LogP contribution < -0.4 is 5.32 Å². The molecule has 0 aromatic heterocycles. The number of aldehydes is 1. The highest BCUT2D eigenvalue weighted by Gasteiger charge is 2.31. The highest BCUT2D eigenvalue weighted by atomic mass is 19.4. The zero-order valence-electron chi connectivity index (χ0n) is 12.8. The number of hydrogen-bond donors (Lipinski definition) is 1. The summed E-state index contributed by atoms with van der Waals surface area (Å²) in [6, 6.07) is 3.41. The van der Waals surface area contributed by atoms with E-state index in [-0.39, 0.29) is 6.54 Å². The van der Waals surface area contributed by atoms with Crippen molar-refractivity contribution in [2.24, 2.45) is 4.99 Å². The molecule has 0 saturated heterocycles. The first-order chi connectivity index (χ1) is 10.3. The predicted octanol–water partition coefficient (Wildman–Crippen LogP) is 4.36. The summed E-state index contributed by atoms with van der Waals surface area (Å²) in [5.41, 5.74) is 1.40. The number of allylic oxidation sites excluding steroid dienone is 1. The SMILES string of the molecule is CC=Nc1ccc(C(F)(F)F)cc1/C(NCC=O)=C(\C)CC. The van der Waals surface area contributed by atoms with Gasteiger partial charge in [0.05, 0.1) is 17.8 Å². The molecule has 120 valence electrons. The van der Waals surface area contributed by atoms with Crippen LogP contribution in [0, 0.1) is 0 Å². The van der Waals surface area contributed by atoms with E-state index in [4.69, 9.17) is 0 Å². The Bertz CT molecular complexity index is 590. The summed E-state index contributed by atoms with van der Waals surface area (Å²) < 4.78 is 38.9. The van der Waals surface area contributed by atoms with Gasteiger partial charge in [-0.1, -0.05) is 6.92 Å². The van der Waals surface area contributed by atoms with E-state index in [1.807, 2.05) is 13.8 Å². The quantitative estimate of drug-likeness (QED) is 0.626. The van der Waals surface area contributed by atoms with Gasteiger partial charge in [0.25, 0.3) is 0 Å². The van der Waals surface area contributed by atoms with Crippen molar-refractivity contribution >= 4 is 23.9 Å². The first kappa shape index (κ1) is 17.9. The second-order valence-electron chi connectivity index (χ2n) is 4.67. The number of nitrogens with zero attached hydrogens (tertiary/aromatic N) is 1. The summed E-state index contributed by atoms with van der Waals surface area (Å²) in [6.45, 7) is 5.43. The maximum Gasteiger partial charge on any atom is 0.416 e. The summed E-state index contributed by atoms with van der Waals surface area (Å²) in [7, 11) is 0. The summed E-state index contributed by atoms with van der Waals surface area (Å²) in [5.74, 6) is 0. The van der Waals surface area contributed by atoms with E-state index in [0.717, 1.165) is 17.7 Å². The highest BCUT2D eigenvalue weighted by Crippen LogP contribution is 2.35. The third-order valence-corrected chi connectivity index (χ3v) is 3.18. The molecule has 0 aliphatic rings. The third kappa shape index (κ3) is 4.44. The number of aliphatic imine (C=N–C) groups is 1. The van der Waals surface area contributed by atoms with Gasteiger partial charge in [0.15, 0.2) is 0 Å². The fourth-order valence-corrected chi connectivity index (χ4v) is 1.96. The average molecular weight is 312 g/mol. The smallest absolute Gasteiger partial charge is 0.378 e. The van der Waals surface area contributed by atoms with Crippen molar-refractivity contribution in [3.8, 4) is 0 Å². The molecule has 1 rings (SSSR count). The van der Waals surface area contributed by atoms with Gasteiger partial charge in [0, 0.05) is 17.5 Å². The van der Waals surface area contributed by atoms with Crippen LogP contribution in [-0.2, 0) is 11.0 Å². The Hall–Kier alpha value is -2.11. The van der Waals surface area contributed by atoms with Crippen LogP contribution >= 0.6 is 0 Å². The standard InChI is InChI=1S/C16H19F3N2O/c1-4-11(3)15(21-8-9-22)13-10-12(16(17,18)19)6-7-14(13)20-5-2/h5-7,9-10,21H,4,8H2,1-3H3/b15-11-,20-5?. The van der Waals surface area contributed by atoms with Gasteiger partial charge < -0.3 is 10.1 Å². The van der Waals surface area contributed by atoms with E-state index in [0.29, 0.717) is 29.7 Å². The number of nitrogens with one attached hydrogen (secondary N) is 1. The molecular formula is C16H19F3N2O.